The third-order valence-electron chi connectivity index (χ3n) is 7.28. The molecule has 238 valence electrons. The summed E-state index contributed by atoms with van der Waals surface area (Å²) in [6.45, 7) is 9.43. The molecule has 3 amide bonds. The van der Waals surface area contributed by atoms with Crippen molar-refractivity contribution >= 4 is 46.1 Å². The van der Waals surface area contributed by atoms with Crippen molar-refractivity contribution in [3.8, 4) is 5.75 Å². The van der Waals surface area contributed by atoms with Crippen LogP contribution in [-0.2, 0) is 14.3 Å². The molecule has 2 atom stereocenters. The summed E-state index contributed by atoms with van der Waals surface area (Å²) in [5.41, 5.74) is 0.755. The van der Waals surface area contributed by atoms with E-state index in [1.807, 2.05) is 48.7 Å². The molecule has 8 nitrogen and oxygen atoms in total. The lowest BCUT2D eigenvalue weighted by atomic mass is 9.98. The lowest BCUT2D eigenvalue weighted by Crippen LogP contribution is -2.52. The number of ether oxygens (including phenoxy) is 1. The molecule has 0 radical (unpaired) electrons. The number of thioether (sulfide) groups is 1. The second-order valence-electron chi connectivity index (χ2n) is 12.0. The molecule has 3 N–H and O–H groups in total. The van der Waals surface area contributed by atoms with Gasteiger partial charge >= 0.3 is 6.09 Å². The number of aromatic hydroxyl groups is 1. The quantitative estimate of drug-likeness (QED) is 0.160. The van der Waals surface area contributed by atoms with E-state index >= 15 is 0 Å². The van der Waals surface area contributed by atoms with Crippen LogP contribution in [0.4, 0.5) is 10.5 Å². The van der Waals surface area contributed by atoms with Crippen LogP contribution in [-0.4, -0.2) is 58.1 Å². The Morgan fingerprint density at radius 1 is 0.977 bits per heavy atom. The average Bonchev–Trinajstić information content (AvgIpc) is 2.97. The summed E-state index contributed by atoms with van der Waals surface area (Å²) < 4.78 is 5.49. The number of amides is 3. The van der Waals surface area contributed by atoms with Crippen LogP contribution < -0.4 is 10.6 Å². The zero-order valence-corrected chi connectivity index (χ0v) is 27.6. The van der Waals surface area contributed by atoms with E-state index in [0.29, 0.717) is 35.4 Å². The van der Waals surface area contributed by atoms with E-state index in [4.69, 9.17) is 4.74 Å². The van der Waals surface area contributed by atoms with Crippen molar-refractivity contribution in [2.24, 2.45) is 0 Å². The largest absolute Gasteiger partial charge is 0.507 e. The van der Waals surface area contributed by atoms with E-state index in [1.54, 1.807) is 57.7 Å². The molecule has 0 spiro atoms. The van der Waals surface area contributed by atoms with Gasteiger partial charge in [0, 0.05) is 17.8 Å². The zero-order chi connectivity index (χ0) is 32.3. The Bertz CT molecular complexity index is 1420. The standard InChI is InChI=1S/C35H47N3O5S/c1-7-8-9-12-21-38(33(41)29(20-22-44-6)37-34(42)43-35(3,4)5)30(28-17-13-14-24(2)31(28)39)32(40)36-27-19-18-25-15-10-11-16-26(25)23-27/h10-11,13-19,23,29-30,39H,7-9,12,20-22H2,1-6H3,(H,36,40)(H,37,42). The molecule has 0 heterocycles. The van der Waals surface area contributed by atoms with Gasteiger partial charge in [-0.1, -0.05) is 74.7 Å². The summed E-state index contributed by atoms with van der Waals surface area (Å²) in [5, 5.41) is 19.0. The van der Waals surface area contributed by atoms with Gasteiger partial charge in [-0.15, -0.1) is 0 Å². The number of nitrogens with one attached hydrogen (secondary N) is 2. The van der Waals surface area contributed by atoms with E-state index < -0.39 is 35.6 Å². The number of nitrogens with zero attached hydrogens (tertiary/aromatic N) is 1. The third-order valence-corrected chi connectivity index (χ3v) is 7.92. The number of para-hydroxylation sites is 1. The maximum Gasteiger partial charge on any atom is 0.408 e. The summed E-state index contributed by atoms with van der Waals surface area (Å²) in [4.78, 5) is 43.1. The number of hydrogen-bond acceptors (Lipinski definition) is 6. The number of carbonyl (C=O) groups is 3. The Morgan fingerprint density at radius 2 is 1.70 bits per heavy atom. The van der Waals surface area contributed by atoms with Crippen molar-refractivity contribution in [1.82, 2.24) is 10.2 Å². The number of alkyl carbamates (subject to hydrolysis) is 1. The van der Waals surface area contributed by atoms with Gasteiger partial charge in [0.2, 0.25) is 5.91 Å². The fraction of sp³-hybridized carbons (Fsp3) is 0.457. The number of phenols is 1. The predicted molar refractivity (Wildman–Crippen MR) is 180 cm³/mol. The number of phenolic OH excluding ortho intramolecular Hbond substituents is 1. The van der Waals surface area contributed by atoms with E-state index in [0.717, 1.165) is 30.0 Å². The van der Waals surface area contributed by atoms with Crippen LogP contribution in [0.5, 0.6) is 5.75 Å². The van der Waals surface area contributed by atoms with E-state index in [2.05, 4.69) is 17.6 Å². The highest BCUT2D eigenvalue weighted by atomic mass is 32.2. The Labute approximate surface area is 265 Å². The van der Waals surface area contributed by atoms with Gasteiger partial charge in [0.05, 0.1) is 0 Å². The number of rotatable bonds is 14. The van der Waals surface area contributed by atoms with Gasteiger partial charge in [0.1, 0.15) is 23.4 Å². The van der Waals surface area contributed by atoms with Gasteiger partial charge in [0.25, 0.3) is 5.91 Å². The molecule has 0 aliphatic rings. The number of unbranched alkanes of at least 4 members (excludes halogenated alkanes) is 3. The van der Waals surface area contributed by atoms with Crippen LogP contribution in [0.15, 0.2) is 60.7 Å². The molecule has 9 heteroatoms. The fourth-order valence-electron chi connectivity index (χ4n) is 5.05. The molecule has 2 unspecified atom stereocenters. The molecule has 0 aromatic heterocycles. The minimum atomic E-state index is -1.15. The van der Waals surface area contributed by atoms with Crippen molar-refractivity contribution in [1.29, 1.82) is 0 Å². The van der Waals surface area contributed by atoms with Crippen LogP contribution in [0.1, 0.15) is 77.0 Å². The van der Waals surface area contributed by atoms with Gasteiger partial charge in [0.15, 0.2) is 0 Å². The summed E-state index contributed by atoms with van der Waals surface area (Å²) in [7, 11) is 0. The maximum absolute atomic E-state index is 14.4. The molecule has 3 rings (SSSR count). The third kappa shape index (κ3) is 9.91. The van der Waals surface area contributed by atoms with Crippen LogP contribution in [0.2, 0.25) is 0 Å². The molecule has 3 aromatic carbocycles. The minimum Gasteiger partial charge on any atom is -0.507 e. The van der Waals surface area contributed by atoms with Crippen molar-refractivity contribution in [3.05, 3.63) is 71.8 Å². The van der Waals surface area contributed by atoms with Gasteiger partial charge in [-0.05, 0) is 81.0 Å². The highest BCUT2D eigenvalue weighted by molar-refractivity contribution is 7.98. The number of anilines is 1. The molecule has 0 bridgehead atoms. The first-order valence-electron chi connectivity index (χ1n) is 15.3. The smallest absolute Gasteiger partial charge is 0.408 e. The highest BCUT2D eigenvalue weighted by Crippen LogP contribution is 2.34. The Balaban J connectivity index is 2.06. The van der Waals surface area contributed by atoms with E-state index in [1.165, 1.54) is 4.90 Å². The molecule has 0 saturated carbocycles. The van der Waals surface area contributed by atoms with Crippen molar-refractivity contribution < 1.29 is 24.2 Å². The van der Waals surface area contributed by atoms with Gasteiger partial charge < -0.3 is 25.4 Å². The van der Waals surface area contributed by atoms with E-state index in [9.17, 15) is 19.5 Å². The van der Waals surface area contributed by atoms with E-state index in [-0.39, 0.29) is 12.3 Å². The Hall–Kier alpha value is -3.72. The van der Waals surface area contributed by atoms with Gasteiger partial charge in [-0.2, -0.15) is 11.8 Å². The van der Waals surface area contributed by atoms with Gasteiger partial charge in [-0.3, -0.25) is 9.59 Å². The monoisotopic (exact) mass is 621 g/mol. The minimum absolute atomic E-state index is 0.0433. The van der Waals surface area contributed by atoms with Crippen LogP contribution in [0.3, 0.4) is 0 Å². The molecule has 3 aromatic rings. The first-order chi connectivity index (χ1) is 20.9. The molecule has 0 fully saturated rings. The number of fused-ring (bicyclic) bond motifs is 1. The summed E-state index contributed by atoms with van der Waals surface area (Å²) in [5.74, 6) is -0.287. The fourth-order valence-corrected chi connectivity index (χ4v) is 5.52. The van der Waals surface area contributed by atoms with Gasteiger partial charge in [-0.25, -0.2) is 4.79 Å². The molecule has 44 heavy (non-hydrogen) atoms. The number of hydrogen-bond donors (Lipinski definition) is 3. The summed E-state index contributed by atoms with van der Waals surface area (Å²) >= 11 is 1.56. The number of benzene rings is 3. The van der Waals surface area contributed by atoms with Crippen LogP contribution >= 0.6 is 11.8 Å². The maximum atomic E-state index is 14.4. The highest BCUT2D eigenvalue weighted by Gasteiger charge is 2.37. The summed E-state index contributed by atoms with van der Waals surface area (Å²) in [6.07, 6.45) is 5.11. The topological polar surface area (TPSA) is 108 Å². The van der Waals surface area contributed by atoms with Crippen LogP contribution in [0, 0.1) is 6.92 Å². The molecule has 0 aliphatic heterocycles. The molecule has 0 saturated heterocycles. The second-order valence-corrected chi connectivity index (χ2v) is 13.0. The zero-order valence-electron chi connectivity index (χ0n) is 26.8. The first kappa shape index (κ1) is 34.8. The van der Waals surface area contributed by atoms with Crippen molar-refractivity contribution in [2.75, 3.05) is 23.9 Å². The number of aryl methyl sites for hydroxylation is 1. The average molecular weight is 622 g/mol. The predicted octanol–water partition coefficient (Wildman–Crippen LogP) is 7.59. The SMILES string of the molecule is CCCCCCN(C(=O)C(CCSC)NC(=O)OC(C)(C)C)C(C(=O)Nc1ccc2ccccc2c1)c1cccc(C)c1O. The summed E-state index contributed by atoms with van der Waals surface area (Å²) in [6, 6.07) is 16.6. The lowest BCUT2D eigenvalue weighted by molar-refractivity contribution is -0.141. The lowest BCUT2D eigenvalue weighted by Gasteiger charge is -2.35. The number of carbonyl (C=O) groups excluding carboxylic acids is 3. The normalized spacial score (nSPS) is 12.8. The first-order valence-corrected chi connectivity index (χ1v) is 16.7. The molecular weight excluding hydrogens is 574 g/mol. The molecule has 0 aliphatic carbocycles. The Morgan fingerprint density at radius 3 is 2.39 bits per heavy atom. The second kappa shape index (κ2) is 16.4. The molecular formula is C35H47N3O5S. The Kier molecular flexibility index (Phi) is 12.9. The van der Waals surface area contributed by atoms with Crippen molar-refractivity contribution in [2.45, 2.75) is 84.4 Å². The van der Waals surface area contributed by atoms with Crippen LogP contribution in [0.25, 0.3) is 10.8 Å². The van der Waals surface area contributed by atoms with Crippen molar-refractivity contribution in [3.63, 3.8) is 0 Å².